The van der Waals surface area contributed by atoms with Gasteiger partial charge in [0.15, 0.2) is 9.84 Å². The Kier molecular flexibility index (Phi) is 4.95. The maximum atomic E-state index is 12.3. The summed E-state index contributed by atoms with van der Waals surface area (Å²) in [6.07, 6.45) is 0.473. The Bertz CT molecular complexity index is 866. The van der Waals surface area contributed by atoms with Crippen LogP contribution in [0, 0.1) is 0 Å². The van der Waals surface area contributed by atoms with Gasteiger partial charge in [-0.3, -0.25) is 4.79 Å². The molecule has 1 aromatic heterocycles. The van der Waals surface area contributed by atoms with Gasteiger partial charge in [0.1, 0.15) is 5.75 Å². The summed E-state index contributed by atoms with van der Waals surface area (Å²) in [7, 11) is -1.41. The predicted octanol–water partition coefficient (Wildman–Crippen LogP) is 0.105. The average Bonchev–Trinajstić information content (AvgIpc) is 3.18. The first-order valence-corrected chi connectivity index (χ1v) is 10.3. The normalized spacial score (nSPS) is 19.0. The van der Waals surface area contributed by atoms with Gasteiger partial charge in [0, 0.05) is 13.1 Å². The summed E-state index contributed by atoms with van der Waals surface area (Å²) in [5, 5.41) is 21.2. The number of tetrazole rings is 1. The van der Waals surface area contributed by atoms with Crippen LogP contribution < -0.4 is 0 Å². The Morgan fingerprint density at radius 2 is 2.12 bits per heavy atom. The number of phenols is 1. The van der Waals surface area contributed by atoms with Crippen molar-refractivity contribution < 1.29 is 18.3 Å². The first-order chi connectivity index (χ1) is 11.9. The van der Waals surface area contributed by atoms with Crippen LogP contribution in [0.1, 0.15) is 6.42 Å². The van der Waals surface area contributed by atoms with E-state index in [9.17, 15) is 18.3 Å². The Hall–Kier alpha value is -2.14. The van der Waals surface area contributed by atoms with Crippen LogP contribution in [-0.2, 0) is 14.6 Å². The number of phenolic OH excluding ortho intramolecular Hbond substituents is 1. The number of rotatable bonds is 5. The molecule has 25 heavy (non-hydrogen) atoms. The summed E-state index contributed by atoms with van der Waals surface area (Å²) >= 11 is 1.17. The summed E-state index contributed by atoms with van der Waals surface area (Å²) in [4.78, 5) is 13.8. The number of aromatic hydroxyl groups is 1. The largest absolute Gasteiger partial charge is 0.508 e. The number of nitrogens with zero attached hydrogens (tertiary/aromatic N) is 5. The lowest BCUT2D eigenvalue weighted by molar-refractivity contribution is -0.128. The second kappa shape index (κ2) is 7.00. The molecule has 1 N–H and O–H groups in total. The van der Waals surface area contributed by atoms with Gasteiger partial charge >= 0.3 is 0 Å². The zero-order valence-corrected chi connectivity index (χ0v) is 15.1. The van der Waals surface area contributed by atoms with Gasteiger partial charge in [-0.1, -0.05) is 11.8 Å². The molecule has 134 valence electrons. The molecular weight excluding hydrogens is 366 g/mol. The van der Waals surface area contributed by atoms with E-state index in [1.54, 1.807) is 19.2 Å². The molecule has 1 atom stereocenters. The van der Waals surface area contributed by atoms with E-state index >= 15 is 0 Å². The fourth-order valence-corrected chi connectivity index (χ4v) is 5.13. The molecule has 3 rings (SSSR count). The maximum absolute atomic E-state index is 12.3. The van der Waals surface area contributed by atoms with Crippen LogP contribution in [0.4, 0.5) is 0 Å². The highest BCUT2D eigenvalue weighted by molar-refractivity contribution is 7.99. The van der Waals surface area contributed by atoms with Gasteiger partial charge in [-0.15, -0.1) is 5.10 Å². The molecule has 11 heteroatoms. The highest BCUT2D eigenvalue weighted by Crippen LogP contribution is 2.22. The van der Waals surface area contributed by atoms with E-state index in [2.05, 4.69) is 15.5 Å². The smallest absolute Gasteiger partial charge is 0.233 e. The minimum absolute atomic E-state index is 0.0190. The molecule has 1 aliphatic heterocycles. The molecule has 0 saturated carbocycles. The summed E-state index contributed by atoms with van der Waals surface area (Å²) in [6.45, 7) is 0. The quantitative estimate of drug-likeness (QED) is 0.723. The van der Waals surface area contributed by atoms with Crippen molar-refractivity contribution in [1.29, 1.82) is 0 Å². The van der Waals surface area contributed by atoms with Crippen LogP contribution in [-0.4, -0.2) is 74.9 Å². The van der Waals surface area contributed by atoms with Crippen LogP contribution in [0.25, 0.3) is 5.69 Å². The third-order valence-corrected chi connectivity index (χ3v) is 6.66. The van der Waals surface area contributed by atoms with Gasteiger partial charge in [0.05, 0.1) is 22.9 Å². The number of hydrogen-bond acceptors (Lipinski definition) is 8. The molecule has 9 nitrogen and oxygen atoms in total. The SMILES string of the molecule is CN(C(=O)CSc1nnnn1-c1ccc(O)cc1)[C@@H]1CCS(=O)(=O)C1. The lowest BCUT2D eigenvalue weighted by atomic mass is 10.2. The van der Waals surface area contributed by atoms with Gasteiger partial charge < -0.3 is 10.0 Å². The predicted molar refractivity (Wildman–Crippen MR) is 91.4 cm³/mol. The van der Waals surface area contributed by atoms with E-state index in [0.29, 0.717) is 17.3 Å². The minimum atomic E-state index is -3.04. The zero-order valence-electron chi connectivity index (χ0n) is 13.4. The van der Waals surface area contributed by atoms with Crippen molar-refractivity contribution >= 4 is 27.5 Å². The van der Waals surface area contributed by atoms with E-state index in [1.807, 2.05) is 0 Å². The van der Waals surface area contributed by atoms with Crippen LogP contribution in [0.15, 0.2) is 29.4 Å². The Morgan fingerprint density at radius 3 is 2.76 bits per heavy atom. The molecule has 1 amide bonds. The zero-order chi connectivity index (χ0) is 18.0. The topological polar surface area (TPSA) is 118 Å². The Labute approximate surface area is 148 Å². The lowest BCUT2D eigenvalue weighted by Crippen LogP contribution is -2.38. The van der Waals surface area contributed by atoms with Crippen LogP contribution in [0.3, 0.4) is 0 Å². The minimum Gasteiger partial charge on any atom is -0.508 e. The Morgan fingerprint density at radius 1 is 1.40 bits per heavy atom. The van der Waals surface area contributed by atoms with Gasteiger partial charge in [-0.2, -0.15) is 4.68 Å². The van der Waals surface area contributed by atoms with Crippen molar-refractivity contribution in [3.8, 4) is 11.4 Å². The molecule has 0 aliphatic carbocycles. The molecular formula is C14H17N5O4S2. The number of benzene rings is 1. The number of sulfone groups is 1. The molecule has 1 aromatic carbocycles. The lowest BCUT2D eigenvalue weighted by Gasteiger charge is -2.23. The van der Waals surface area contributed by atoms with Crippen LogP contribution >= 0.6 is 11.8 Å². The summed E-state index contributed by atoms with van der Waals surface area (Å²) in [5.41, 5.74) is 0.660. The number of carbonyl (C=O) groups excluding carboxylic acids is 1. The van der Waals surface area contributed by atoms with Crippen molar-refractivity contribution in [1.82, 2.24) is 25.1 Å². The maximum Gasteiger partial charge on any atom is 0.233 e. The summed E-state index contributed by atoms with van der Waals surface area (Å²) in [5.74, 6) is 0.208. The van der Waals surface area contributed by atoms with E-state index in [-0.39, 0.29) is 35.0 Å². The second-order valence-electron chi connectivity index (χ2n) is 5.74. The molecule has 1 fully saturated rings. The monoisotopic (exact) mass is 383 g/mol. The fraction of sp³-hybridized carbons (Fsp3) is 0.429. The number of hydrogen-bond donors (Lipinski definition) is 1. The molecule has 2 heterocycles. The van der Waals surface area contributed by atoms with E-state index in [0.717, 1.165) is 0 Å². The molecule has 0 radical (unpaired) electrons. The average molecular weight is 383 g/mol. The van der Waals surface area contributed by atoms with Gasteiger partial charge in [-0.25, -0.2) is 8.42 Å². The standard InChI is InChI=1S/C14H17N5O4S2/c1-18(11-6-7-25(22,23)9-11)13(21)8-24-14-15-16-17-19(14)10-2-4-12(20)5-3-10/h2-5,11,20H,6-9H2,1H3/t11-/m1/s1. The van der Waals surface area contributed by atoms with Gasteiger partial charge in [-0.05, 0) is 41.1 Å². The van der Waals surface area contributed by atoms with Crippen molar-refractivity contribution in [2.45, 2.75) is 17.6 Å². The van der Waals surface area contributed by atoms with Crippen LogP contribution in [0.2, 0.25) is 0 Å². The van der Waals surface area contributed by atoms with E-state index in [4.69, 9.17) is 0 Å². The number of amides is 1. The number of aromatic nitrogens is 4. The summed E-state index contributed by atoms with van der Waals surface area (Å²) in [6, 6.07) is 6.09. The van der Waals surface area contributed by atoms with Gasteiger partial charge in [0.2, 0.25) is 11.1 Å². The van der Waals surface area contributed by atoms with Gasteiger partial charge in [0.25, 0.3) is 0 Å². The first kappa shape index (κ1) is 17.7. The highest BCUT2D eigenvalue weighted by Gasteiger charge is 2.32. The molecule has 2 aromatic rings. The van der Waals surface area contributed by atoms with Crippen molar-refractivity contribution in [2.24, 2.45) is 0 Å². The van der Waals surface area contributed by atoms with Crippen molar-refractivity contribution in [2.75, 3.05) is 24.3 Å². The number of thioether (sulfide) groups is 1. The van der Waals surface area contributed by atoms with Crippen molar-refractivity contribution in [3.63, 3.8) is 0 Å². The molecule has 0 unspecified atom stereocenters. The Balaban J connectivity index is 1.63. The second-order valence-corrected chi connectivity index (χ2v) is 8.91. The highest BCUT2D eigenvalue weighted by atomic mass is 32.2. The molecule has 1 aliphatic rings. The molecule has 0 spiro atoms. The third kappa shape index (κ3) is 4.10. The third-order valence-electron chi connectivity index (χ3n) is 4.01. The van der Waals surface area contributed by atoms with E-state index < -0.39 is 9.84 Å². The van der Waals surface area contributed by atoms with Crippen LogP contribution in [0.5, 0.6) is 5.75 Å². The molecule has 1 saturated heterocycles. The number of carbonyl (C=O) groups is 1. The summed E-state index contributed by atoms with van der Waals surface area (Å²) < 4.78 is 24.6. The van der Waals surface area contributed by atoms with Crippen molar-refractivity contribution in [3.05, 3.63) is 24.3 Å². The first-order valence-electron chi connectivity index (χ1n) is 7.52. The fourth-order valence-electron chi connectivity index (χ4n) is 2.54. The molecule has 0 bridgehead atoms. The van der Waals surface area contributed by atoms with E-state index in [1.165, 1.54) is 33.5 Å².